The number of hydrogen-bond donors (Lipinski definition) is 0. The van der Waals surface area contributed by atoms with E-state index in [9.17, 15) is 8.42 Å². The molecule has 0 amide bonds. The van der Waals surface area contributed by atoms with E-state index in [1.165, 1.54) is 23.3 Å². The quantitative estimate of drug-likeness (QED) is 0.606. The monoisotopic (exact) mass is 348 g/mol. The Hall–Kier alpha value is -1.89. The Kier molecular flexibility index (Phi) is 8.46. The molecule has 0 aliphatic rings. The fourth-order valence-electron chi connectivity index (χ4n) is 2.21. The zero-order chi connectivity index (χ0) is 18.0. The summed E-state index contributed by atoms with van der Waals surface area (Å²) in [6.45, 7) is 4.84. The standard InChI is InChI=1S/C18H24N2O3S/c1-3-15(2)17-8-6-16(7-9-17)5-4-10-23-11-12-24(21,22)18(13-19)14-20/h6-9,15,18H,3-5,10-12H2,1-2H3. The first-order chi connectivity index (χ1) is 11.4. The molecule has 1 unspecified atom stereocenters. The van der Waals surface area contributed by atoms with Gasteiger partial charge < -0.3 is 4.74 Å². The molecule has 0 spiro atoms. The minimum Gasteiger partial charge on any atom is -0.380 e. The van der Waals surface area contributed by atoms with Crippen molar-refractivity contribution >= 4 is 9.84 Å². The van der Waals surface area contributed by atoms with Gasteiger partial charge in [-0.15, -0.1) is 0 Å². The second-order valence-corrected chi connectivity index (χ2v) is 7.98. The van der Waals surface area contributed by atoms with Crippen molar-refractivity contribution in [3.8, 4) is 12.1 Å². The van der Waals surface area contributed by atoms with E-state index in [1.807, 2.05) is 0 Å². The normalized spacial score (nSPS) is 12.5. The first kappa shape index (κ1) is 20.2. The molecule has 0 aliphatic heterocycles. The lowest BCUT2D eigenvalue weighted by molar-refractivity contribution is 0.146. The van der Waals surface area contributed by atoms with Crippen LogP contribution in [0.2, 0.25) is 0 Å². The highest BCUT2D eigenvalue weighted by atomic mass is 32.2. The van der Waals surface area contributed by atoms with Crippen LogP contribution in [0, 0.1) is 22.7 Å². The molecule has 5 nitrogen and oxygen atoms in total. The van der Waals surface area contributed by atoms with E-state index in [1.54, 1.807) is 0 Å². The van der Waals surface area contributed by atoms with Crippen LogP contribution >= 0.6 is 0 Å². The van der Waals surface area contributed by atoms with Gasteiger partial charge in [0, 0.05) is 6.61 Å². The molecule has 0 fully saturated rings. The van der Waals surface area contributed by atoms with E-state index in [-0.39, 0.29) is 12.4 Å². The smallest absolute Gasteiger partial charge is 0.233 e. The predicted octanol–water partition coefficient (Wildman–Crippen LogP) is 2.98. The van der Waals surface area contributed by atoms with Crippen molar-refractivity contribution in [2.24, 2.45) is 0 Å². The van der Waals surface area contributed by atoms with Gasteiger partial charge in [0.2, 0.25) is 5.25 Å². The summed E-state index contributed by atoms with van der Waals surface area (Å²) in [6.07, 6.45) is 2.78. The molecule has 0 saturated heterocycles. The number of nitriles is 2. The Bertz CT molecular complexity index is 670. The lowest BCUT2D eigenvalue weighted by atomic mass is 9.97. The van der Waals surface area contributed by atoms with Gasteiger partial charge in [-0.3, -0.25) is 0 Å². The molecular formula is C18H24N2O3S. The topological polar surface area (TPSA) is 90.9 Å². The van der Waals surface area contributed by atoms with Gasteiger partial charge in [-0.1, -0.05) is 38.1 Å². The van der Waals surface area contributed by atoms with E-state index >= 15 is 0 Å². The molecular weight excluding hydrogens is 324 g/mol. The Morgan fingerprint density at radius 1 is 1.12 bits per heavy atom. The summed E-state index contributed by atoms with van der Waals surface area (Å²) in [7, 11) is -3.72. The highest BCUT2D eigenvalue weighted by Gasteiger charge is 2.24. The minimum absolute atomic E-state index is 0.00907. The van der Waals surface area contributed by atoms with Crippen molar-refractivity contribution in [1.29, 1.82) is 10.5 Å². The van der Waals surface area contributed by atoms with E-state index in [4.69, 9.17) is 15.3 Å². The van der Waals surface area contributed by atoms with Crippen LogP contribution in [0.1, 0.15) is 43.7 Å². The fraction of sp³-hybridized carbons (Fsp3) is 0.556. The summed E-state index contributed by atoms with van der Waals surface area (Å²) in [5.41, 5.74) is 2.57. The third kappa shape index (κ3) is 6.31. The molecule has 0 aliphatic carbocycles. The molecule has 1 aromatic carbocycles. The number of rotatable bonds is 10. The third-order valence-electron chi connectivity index (χ3n) is 4.02. The van der Waals surface area contributed by atoms with Gasteiger partial charge in [0.25, 0.3) is 0 Å². The zero-order valence-electron chi connectivity index (χ0n) is 14.2. The fourth-order valence-corrected chi connectivity index (χ4v) is 3.12. The number of sulfone groups is 1. The summed E-state index contributed by atoms with van der Waals surface area (Å²) in [5, 5.41) is 15.6. The summed E-state index contributed by atoms with van der Waals surface area (Å²) in [5.74, 6) is 0.262. The van der Waals surface area contributed by atoms with Gasteiger partial charge in [-0.25, -0.2) is 8.42 Å². The lowest BCUT2D eigenvalue weighted by Gasteiger charge is -2.10. The van der Waals surface area contributed by atoms with Gasteiger partial charge in [0.15, 0.2) is 9.84 Å². The summed E-state index contributed by atoms with van der Waals surface area (Å²) in [4.78, 5) is 0. The number of hydrogen-bond acceptors (Lipinski definition) is 5. The molecule has 0 saturated carbocycles. The van der Waals surface area contributed by atoms with E-state index in [0.29, 0.717) is 12.5 Å². The van der Waals surface area contributed by atoms with Crippen LogP contribution in [0.5, 0.6) is 0 Å². The van der Waals surface area contributed by atoms with Crippen molar-refractivity contribution in [2.75, 3.05) is 19.0 Å². The van der Waals surface area contributed by atoms with Gasteiger partial charge in [0.1, 0.15) is 0 Å². The second-order valence-electron chi connectivity index (χ2n) is 5.77. The van der Waals surface area contributed by atoms with Gasteiger partial charge in [0.05, 0.1) is 24.5 Å². The van der Waals surface area contributed by atoms with E-state index in [0.717, 1.165) is 19.3 Å². The SMILES string of the molecule is CCC(C)c1ccc(CCCOCCS(=O)(=O)C(C#N)C#N)cc1. The number of aryl methyl sites for hydroxylation is 1. The van der Waals surface area contributed by atoms with Crippen molar-refractivity contribution in [3.63, 3.8) is 0 Å². The molecule has 1 aromatic rings. The largest absolute Gasteiger partial charge is 0.380 e. The summed E-state index contributed by atoms with van der Waals surface area (Å²) in [6, 6.07) is 11.5. The average Bonchev–Trinajstić information content (AvgIpc) is 2.58. The maximum Gasteiger partial charge on any atom is 0.233 e. The van der Waals surface area contributed by atoms with Crippen molar-refractivity contribution in [2.45, 2.75) is 44.3 Å². The van der Waals surface area contributed by atoms with Crippen LogP contribution < -0.4 is 0 Å². The molecule has 0 radical (unpaired) electrons. The van der Waals surface area contributed by atoms with Crippen molar-refractivity contribution < 1.29 is 13.2 Å². The predicted molar refractivity (Wildman–Crippen MR) is 93.1 cm³/mol. The van der Waals surface area contributed by atoms with Crippen LogP contribution in [-0.2, 0) is 21.0 Å². The van der Waals surface area contributed by atoms with Gasteiger partial charge >= 0.3 is 0 Å². The summed E-state index contributed by atoms with van der Waals surface area (Å²) >= 11 is 0. The van der Waals surface area contributed by atoms with Gasteiger partial charge in [-0.05, 0) is 36.3 Å². The maximum absolute atomic E-state index is 11.6. The molecule has 0 bridgehead atoms. The van der Waals surface area contributed by atoms with Crippen molar-refractivity contribution in [1.82, 2.24) is 0 Å². The Balaban J connectivity index is 2.28. The Labute approximate surface area is 144 Å². The molecule has 0 aromatic heterocycles. The molecule has 24 heavy (non-hydrogen) atoms. The first-order valence-electron chi connectivity index (χ1n) is 8.12. The third-order valence-corrected chi connectivity index (χ3v) is 5.69. The average molecular weight is 348 g/mol. The minimum atomic E-state index is -3.72. The van der Waals surface area contributed by atoms with Crippen LogP contribution in [0.3, 0.4) is 0 Å². The van der Waals surface area contributed by atoms with Gasteiger partial charge in [-0.2, -0.15) is 10.5 Å². The highest BCUT2D eigenvalue weighted by Crippen LogP contribution is 2.19. The molecule has 1 rings (SSSR count). The summed E-state index contributed by atoms with van der Waals surface area (Å²) < 4.78 is 28.6. The molecule has 0 heterocycles. The Morgan fingerprint density at radius 3 is 2.29 bits per heavy atom. The van der Waals surface area contributed by atoms with Crippen LogP contribution in [0.25, 0.3) is 0 Å². The second kappa shape index (κ2) is 10.1. The van der Waals surface area contributed by atoms with Crippen LogP contribution in [0.15, 0.2) is 24.3 Å². The maximum atomic E-state index is 11.6. The molecule has 1 atom stereocenters. The first-order valence-corrected chi connectivity index (χ1v) is 9.83. The van der Waals surface area contributed by atoms with Crippen LogP contribution in [-0.4, -0.2) is 32.6 Å². The number of nitrogens with zero attached hydrogens (tertiary/aromatic N) is 2. The van der Waals surface area contributed by atoms with E-state index in [2.05, 4.69) is 38.1 Å². The highest BCUT2D eigenvalue weighted by molar-refractivity contribution is 7.92. The van der Waals surface area contributed by atoms with Crippen LogP contribution in [0.4, 0.5) is 0 Å². The molecule has 6 heteroatoms. The molecule has 0 N–H and O–H groups in total. The number of benzene rings is 1. The lowest BCUT2D eigenvalue weighted by Crippen LogP contribution is -2.23. The number of ether oxygens (including phenoxy) is 1. The Morgan fingerprint density at radius 2 is 1.75 bits per heavy atom. The zero-order valence-corrected chi connectivity index (χ0v) is 15.1. The molecule has 130 valence electrons. The van der Waals surface area contributed by atoms with Crippen molar-refractivity contribution in [3.05, 3.63) is 35.4 Å². The van der Waals surface area contributed by atoms with E-state index < -0.39 is 15.1 Å².